The van der Waals surface area contributed by atoms with Crippen LogP contribution in [0.15, 0.2) is 71.9 Å². The second kappa shape index (κ2) is 7.95. The van der Waals surface area contributed by atoms with Gasteiger partial charge in [-0.3, -0.25) is 0 Å². The van der Waals surface area contributed by atoms with Gasteiger partial charge in [0.2, 0.25) is 0 Å². The van der Waals surface area contributed by atoms with Crippen molar-refractivity contribution in [3.05, 3.63) is 83.6 Å². The molecule has 0 saturated carbocycles. The summed E-state index contributed by atoms with van der Waals surface area (Å²) in [5.41, 5.74) is 6.61. The number of hydrogen-bond acceptors (Lipinski definition) is 4. The topological polar surface area (TPSA) is 31.7 Å². The first-order valence-corrected chi connectivity index (χ1v) is 9.76. The number of benzene rings is 2. The Labute approximate surface area is 167 Å². The summed E-state index contributed by atoms with van der Waals surface area (Å²) in [4.78, 5) is 14.4. The van der Waals surface area contributed by atoms with Crippen molar-refractivity contribution in [2.75, 3.05) is 32.1 Å². The molecule has 0 saturated heterocycles. The Bertz CT molecular complexity index is 992. The molecule has 0 spiro atoms. The van der Waals surface area contributed by atoms with Gasteiger partial charge in [-0.2, -0.15) is 0 Å². The highest BCUT2D eigenvalue weighted by molar-refractivity contribution is 6.18. The van der Waals surface area contributed by atoms with Crippen LogP contribution in [-0.4, -0.2) is 42.8 Å². The summed E-state index contributed by atoms with van der Waals surface area (Å²) in [5, 5.41) is 0. The fourth-order valence-corrected chi connectivity index (χ4v) is 3.63. The van der Waals surface area contributed by atoms with E-state index >= 15 is 0 Å². The minimum absolute atomic E-state index is 0.899. The Hall–Kier alpha value is -2.98. The molecule has 0 bridgehead atoms. The van der Waals surface area contributed by atoms with Crippen molar-refractivity contribution in [2.45, 2.75) is 13.3 Å². The van der Waals surface area contributed by atoms with E-state index in [1.54, 1.807) is 0 Å². The third-order valence-corrected chi connectivity index (χ3v) is 4.99. The second-order valence-corrected chi connectivity index (χ2v) is 7.50. The maximum Gasteiger partial charge on any atom is 0.159 e. The Morgan fingerprint density at radius 1 is 0.964 bits per heavy atom. The molecular weight excluding hydrogens is 344 g/mol. The molecule has 0 unspecified atom stereocenters. The van der Waals surface area contributed by atoms with Crippen molar-refractivity contribution >= 4 is 22.9 Å². The molecule has 0 fully saturated rings. The Morgan fingerprint density at radius 3 is 2.57 bits per heavy atom. The average Bonchev–Trinajstić information content (AvgIpc) is 2.83. The normalized spacial score (nSPS) is 13.0. The molecule has 2 aromatic carbocycles. The largest absolute Gasteiger partial charge is 0.324 e. The number of aryl methyl sites for hydroxylation is 1. The van der Waals surface area contributed by atoms with Gasteiger partial charge in [0.1, 0.15) is 5.69 Å². The SMILES string of the molecule is Cc1ccc2c(c1)N(CCCN(C)C)c1ncccc1N=C2c1ccccc1. The molecular formula is C24H26N4. The molecule has 4 nitrogen and oxygen atoms in total. The predicted octanol–water partition coefficient (Wildman–Crippen LogP) is 4.96. The molecule has 0 atom stereocenters. The quantitative estimate of drug-likeness (QED) is 0.636. The first kappa shape index (κ1) is 18.4. The highest BCUT2D eigenvalue weighted by Gasteiger charge is 2.24. The van der Waals surface area contributed by atoms with Crippen LogP contribution in [0.25, 0.3) is 0 Å². The standard InChI is InChI=1S/C24H26N4/c1-18-12-13-20-22(17-18)28(16-8-15-27(2)3)24-21(11-7-14-25-24)26-23(20)19-9-5-4-6-10-19/h4-7,9-14,17H,8,15-16H2,1-3H3. The smallest absolute Gasteiger partial charge is 0.159 e. The van der Waals surface area contributed by atoms with Crippen LogP contribution in [0.2, 0.25) is 0 Å². The zero-order valence-electron chi connectivity index (χ0n) is 16.8. The van der Waals surface area contributed by atoms with Gasteiger partial charge in [-0.1, -0.05) is 42.5 Å². The van der Waals surface area contributed by atoms with Crippen LogP contribution in [0.3, 0.4) is 0 Å². The van der Waals surface area contributed by atoms with Gasteiger partial charge in [0.25, 0.3) is 0 Å². The minimum atomic E-state index is 0.899. The van der Waals surface area contributed by atoms with Crippen molar-refractivity contribution in [2.24, 2.45) is 4.99 Å². The monoisotopic (exact) mass is 370 g/mol. The number of hydrogen-bond donors (Lipinski definition) is 0. The second-order valence-electron chi connectivity index (χ2n) is 7.50. The lowest BCUT2D eigenvalue weighted by Crippen LogP contribution is -2.24. The van der Waals surface area contributed by atoms with Crippen LogP contribution >= 0.6 is 0 Å². The van der Waals surface area contributed by atoms with E-state index in [-0.39, 0.29) is 0 Å². The number of nitrogens with zero attached hydrogens (tertiary/aromatic N) is 4. The number of rotatable bonds is 5. The Kier molecular flexibility index (Phi) is 5.22. The zero-order chi connectivity index (χ0) is 19.5. The molecule has 0 radical (unpaired) electrons. The van der Waals surface area contributed by atoms with Crippen LogP contribution in [0.1, 0.15) is 23.1 Å². The molecule has 4 rings (SSSR count). The van der Waals surface area contributed by atoms with Gasteiger partial charge in [0.05, 0.1) is 11.4 Å². The van der Waals surface area contributed by atoms with Crippen LogP contribution in [-0.2, 0) is 0 Å². The molecule has 3 aromatic rings. The van der Waals surface area contributed by atoms with E-state index in [9.17, 15) is 0 Å². The van der Waals surface area contributed by atoms with E-state index in [1.165, 1.54) is 11.3 Å². The molecule has 0 amide bonds. The van der Waals surface area contributed by atoms with E-state index in [4.69, 9.17) is 9.98 Å². The minimum Gasteiger partial charge on any atom is -0.324 e. The van der Waals surface area contributed by atoms with Gasteiger partial charge < -0.3 is 9.80 Å². The molecule has 28 heavy (non-hydrogen) atoms. The van der Waals surface area contributed by atoms with Crippen LogP contribution in [0.4, 0.5) is 17.2 Å². The van der Waals surface area contributed by atoms with Gasteiger partial charge in [0.15, 0.2) is 5.82 Å². The van der Waals surface area contributed by atoms with E-state index in [2.05, 4.69) is 79.3 Å². The van der Waals surface area contributed by atoms with Crippen molar-refractivity contribution in [3.63, 3.8) is 0 Å². The molecule has 2 heterocycles. The third-order valence-electron chi connectivity index (χ3n) is 4.99. The van der Waals surface area contributed by atoms with E-state index in [1.807, 2.05) is 18.3 Å². The molecule has 1 aliphatic heterocycles. The summed E-state index contributed by atoms with van der Waals surface area (Å²) in [5.74, 6) is 0.930. The number of aliphatic imine (C=N–C) groups is 1. The highest BCUT2D eigenvalue weighted by Crippen LogP contribution is 2.39. The van der Waals surface area contributed by atoms with Crippen LogP contribution in [0, 0.1) is 6.92 Å². The number of fused-ring (bicyclic) bond motifs is 2. The molecule has 1 aromatic heterocycles. The van der Waals surface area contributed by atoms with Crippen molar-refractivity contribution < 1.29 is 0 Å². The Balaban J connectivity index is 1.89. The number of aromatic nitrogens is 1. The first-order valence-electron chi connectivity index (χ1n) is 9.76. The van der Waals surface area contributed by atoms with Crippen molar-refractivity contribution in [3.8, 4) is 0 Å². The Morgan fingerprint density at radius 2 is 1.79 bits per heavy atom. The number of anilines is 2. The van der Waals surface area contributed by atoms with Crippen molar-refractivity contribution in [1.29, 1.82) is 0 Å². The molecule has 0 aliphatic carbocycles. The van der Waals surface area contributed by atoms with E-state index in [0.29, 0.717) is 0 Å². The maximum absolute atomic E-state index is 5.08. The van der Waals surface area contributed by atoms with Gasteiger partial charge in [-0.25, -0.2) is 9.98 Å². The van der Waals surface area contributed by atoms with Crippen LogP contribution in [0.5, 0.6) is 0 Å². The van der Waals surface area contributed by atoms with Gasteiger partial charge in [-0.15, -0.1) is 0 Å². The summed E-state index contributed by atoms with van der Waals surface area (Å²) in [6, 6.07) is 21.1. The lowest BCUT2D eigenvalue weighted by Gasteiger charge is -2.26. The maximum atomic E-state index is 5.08. The van der Waals surface area contributed by atoms with E-state index < -0.39 is 0 Å². The fraction of sp³-hybridized carbons (Fsp3) is 0.250. The van der Waals surface area contributed by atoms with Gasteiger partial charge in [-0.05, 0) is 57.7 Å². The lowest BCUT2D eigenvalue weighted by molar-refractivity contribution is 0.402. The highest BCUT2D eigenvalue weighted by atomic mass is 15.2. The summed E-state index contributed by atoms with van der Waals surface area (Å²) in [7, 11) is 4.23. The third kappa shape index (κ3) is 3.69. The first-order chi connectivity index (χ1) is 13.6. The summed E-state index contributed by atoms with van der Waals surface area (Å²) >= 11 is 0. The summed E-state index contributed by atoms with van der Waals surface area (Å²) in [6.45, 7) is 4.07. The summed E-state index contributed by atoms with van der Waals surface area (Å²) < 4.78 is 0. The number of pyridine rings is 1. The van der Waals surface area contributed by atoms with Crippen LogP contribution < -0.4 is 4.90 Å². The van der Waals surface area contributed by atoms with Gasteiger partial charge >= 0.3 is 0 Å². The van der Waals surface area contributed by atoms with Crippen molar-refractivity contribution in [1.82, 2.24) is 9.88 Å². The zero-order valence-corrected chi connectivity index (χ0v) is 16.8. The lowest BCUT2D eigenvalue weighted by atomic mass is 9.98. The molecule has 142 valence electrons. The van der Waals surface area contributed by atoms with Gasteiger partial charge in [0, 0.05) is 23.9 Å². The average molecular weight is 371 g/mol. The summed E-state index contributed by atoms with van der Waals surface area (Å²) in [6.07, 6.45) is 2.91. The predicted molar refractivity (Wildman–Crippen MR) is 117 cm³/mol. The molecule has 1 aliphatic rings. The molecule has 0 N–H and O–H groups in total. The fourth-order valence-electron chi connectivity index (χ4n) is 3.63. The molecule has 4 heteroatoms. The van der Waals surface area contributed by atoms with E-state index in [0.717, 1.165) is 47.9 Å².